The second-order valence-corrected chi connectivity index (χ2v) is 6.07. The second kappa shape index (κ2) is 6.57. The maximum atomic E-state index is 11.8. The number of cyclic esters (lactones) is 1. The highest BCUT2D eigenvalue weighted by Crippen LogP contribution is 2.31. The van der Waals surface area contributed by atoms with Crippen LogP contribution < -0.4 is 4.90 Å². The van der Waals surface area contributed by atoms with E-state index in [1.54, 1.807) is 4.90 Å². The van der Waals surface area contributed by atoms with Gasteiger partial charge in [0.1, 0.15) is 0 Å². The zero-order valence-corrected chi connectivity index (χ0v) is 13.2. The molecule has 2 fully saturated rings. The lowest BCUT2D eigenvalue weighted by Gasteiger charge is -2.39. The predicted molar refractivity (Wildman–Crippen MR) is 83.8 cm³/mol. The summed E-state index contributed by atoms with van der Waals surface area (Å²) in [6.07, 6.45) is 3.46. The molecule has 0 unspecified atom stereocenters. The van der Waals surface area contributed by atoms with Gasteiger partial charge < -0.3 is 14.5 Å². The maximum absolute atomic E-state index is 11.8. The van der Waals surface area contributed by atoms with E-state index in [0.717, 1.165) is 19.3 Å². The Balaban J connectivity index is 1.69. The molecule has 9 heteroatoms. The summed E-state index contributed by atoms with van der Waals surface area (Å²) in [7, 11) is 0. The van der Waals surface area contributed by atoms with Gasteiger partial charge >= 0.3 is 11.8 Å². The van der Waals surface area contributed by atoms with Crippen molar-refractivity contribution in [3.63, 3.8) is 0 Å². The second-order valence-electron chi connectivity index (χ2n) is 5.63. The van der Waals surface area contributed by atoms with Crippen LogP contribution in [0.5, 0.6) is 0 Å². The molecule has 0 radical (unpaired) electrons. The highest BCUT2D eigenvalue weighted by Gasteiger charge is 2.32. The zero-order chi connectivity index (χ0) is 16.4. The van der Waals surface area contributed by atoms with Crippen LogP contribution in [0.25, 0.3) is 0 Å². The molecule has 3 rings (SSSR count). The molecular weight excluding hydrogens is 324 g/mol. The SMILES string of the molecule is O=C1OCCCN1C1CCN(c2ncc(Cl)cc2[N+](=O)[O-])CC1. The Bertz CT molecular complexity index is 619. The van der Waals surface area contributed by atoms with Crippen LogP contribution in [0.1, 0.15) is 19.3 Å². The number of rotatable bonds is 3. The van der Waals surface area contributed by atoms with Crippen LogP contribution in [0, 0.1) is 10.1 Å². The third-order valence-electron chi connectivity index (χ3n) is 4.22. The van der Waals surface area contributed by atoms with Gasteiger partial charge in [0.05, 0.1) is 16.6 Å². The Kier molecular flexibility index (Phi) is 4.51. The number of hydrogen-bond acceptors (Lipinski definition) is 6. The Labute approximate surface area is 138 Å². The van der Waals surface area contributed by atoms with Crippen LogP contribution in [-0.2, 0) is 4.74 Å². The lowest BCUT2D eigenvalue weighted by Crippen LogP contribution is -2.50. The molecule has 0 atom stereocenters. The summed E-state index contributed by atoms with van der Waals surface area (Å²) in [5.41, 5.74) is -0.0895. The van der Waals surface area contributed by atoms with E-state index in [1.807, 2.05) is 4.90 Å². The minimum Gasteiger partial charge on any atom is -0.449 e. The average Bonchev–Trinajstić information content (AvgIpc) is 2.55. The first kappa shape index (κ1) is 15.8. The number of amides is 1. The van der Waals surface area contributed by atoms with Gasteiger partial charge in [-0.25, -0.2) is 9.78 Å². The van der Waals surface area contributed by atoms with Gasteiger partial charge in [-0.3, -0.25) is 10.1 Å². The lowest BCUT2D eigenvalue weighted by atomic mass is 10.0. The summed E-state index contributed by atoms with van der Waals surface area (Å²) in [4.78, 5) is 30.3. The monoisotopic (exact) mass is 340 g/mol. The number of piperidine rings is 1. The number of anilines is 1. The summed E-state index contributed by atoms with van der Waals surface area (Å²) >= 11 is 5.80. The van der Waals surface area contributed by atoms with Crippen molar-refractivity contribution in [2.24, 2.45) is 0 Å². The smallest absolute Gasteiger partial charge is 0.410 e. The molecule has 0 spiro atoms. The third kappa shape index (κ3) is 3.31. The van der Waals surface area contributed by atoms with Crippen LogP contribution >= 0.6 is 11.6 Å². The Morgan fingerprint density at radius 1 is 1.35 bits per heavy atom. The molecule has 0 saturated carbocycles. The molecule has 1 amide bonds. The number of hydrogen-bond donors (Lipinski definition) is 0. The van der Waals surface area contributed by atoms with Crippen molar-refractivity contribution in [1.29, 1.82) is 0 Å². The van der Waals surface area contributed by atoms with Gasteiger partial charge in [-0.15, -0.1) is 0 Å². The number of carbonyl (C=O) groups excluding carboxylic acids is 1. The minimum absolute atomic E-state index is 0.0895. The normalized spacial score (nSPS) is 19.6. The Hall–Kier alpha value is -2.09. The first-order valence-corrected chi connectivity index (χ1v) is 7.92. The molecule has 2 saturated heterocycles. The maximum Gasteiger partial charge on any atom is 0.410 e. The van der Waals surface area contributed by atoms with Crippen molar-refractivity contribution >= 4 is 29.2 Å². The summed E-state index contributed by atoms with van der Waals surface area (Å²) in [5.74, 6) is 0.332. The highest BCUT2D eigenvalue weighted by molar-refractivity contribution is 6.30. The molecule has 124 valence electrons. The number of nitrogens with zero attached hydrogens (tertiary/aromatic N) is 4. The van der Waals surface area contributed by atoms with Gasteiger partial charge in [-0.2, -0.15) is 0 Å². The fraction of sp³-hybridized carbons (Fsp3) is 0.571. The molecule has 2 aliphatic rings. The van der Waals surface area contributed by atoms with E-state index in [2.05, 4.69) is 4.98 Å². The van der Waals surface area contributed by atoms with Crippen LogP contribution in [0.15, 0.2) is 12.3 Å². The molecule has 1 aromatic rings. The van der Waals surface area contributed by atoms with Crippen molar-refractivity contribution in [3.05, 3.63) is 27.4 Å². The van der Waals surface area contributed by atoms with Crippen LogP contribution in [0.3, 0.4) is 0 Å². The number of carbonyl (C=O) groups is 1. The predicted octanol–water partition coefficient (Wildman–Crippen LogP) is 2.45. The van der Waals surface area contributed by atoms with E-state index < -0.39 is 4.92 Å². The number of halogens is 1. The van der Waals surface area contributed by atoms with Crippen molar-refractivity contribution in [2.45, 2.75) is 25.3 Å². The van der Waals surface area contributed by atoms with E-state index in [0.29, 0.717) is 32.1 Å². The summed E-state index contributed by atoms with van der Waals surface area (Å²) < 4.78 is 5.08. The Morgan fingerprint density at radius 2 is 2.09 bits per heavy atom. The summed E-state index contributed by atoms with van der Waals surface area (Å²) in [6.45, 7) is 2.39. The van der Waals surface area contributed by atoms with E-state index in [4.69, 9.17) is 16.3 Å². The molecule has 0 aliphatic carbocycles. The van der Waals surface area contributed by atoms with E-state index in [1.165, 1.54) is 12.3 Å². The van der Waals surface area contributed by atoms with Gasteiger partial charge in [0.15, 0.2) is 0 Å². The van der Waals surface area contributed by atoms with E-state index >= 15 is 0 Å². The quantitative estimate of drug-likeness (QED) is 0.620. The molecule has 1 aromatic heterocycles. The summed E-state index contributed by atoms with van der Waals surface area (Å²) in [5, 5.41) is 11.4. The minimum atomic E-state index is -0.470. The van der Waals surface area contributed by atoms with Crippen LogP contribution in [0.4, 0.5) is 16.3 Å². The third-order valence-corrected chi connectivity index (χ3v) is 4.43. The molecule has 8 nitrogen and oxygen atoms in total. The van der Waals surface area contributed by atoms with Crippen molar-refractivity contribution in [2.75, 3.05) is 31.1 Å². The zero-order valence-electron chi connectivity index (χ0n) is 12.5. The molecule has 3 heterocycles. The molecule has 23 heavy (non-hydrogen) atoms. The van der Waals surface area contributed by atoms with Crippen molar-refractivity contribution in [3.8, 4) is 0 Å². The number of pyridine rings is 1. The fourth-order valence-electron chi connectivity index (χ4n) is 3.09. The van der Waals surface area contributed by atoms with Gasteiger partial charge in [-0.05, 0) is 19.3 Å². The van der Waals surface area contributed by atoms with E-state index in [-0.39, 0.29) is 22.8 Å². The molecule has 2 aliphatic heterocycles. The highest BCUT2D eigenvalue weighted by atomic mass is 35.5. The molecule has 0 bridgehead atoms. The van der Waals surface area contributed by atoms with E-state index in [9.17, 15) is 14.9 Å². The number of aromatic nitrogens is 1. The number of nitro groups is 1. The lowest BCUT2D eigenvalue weighted by molar-refractivity contribution is -0.384. The van der Waals surface area contributed by atoms with Crippen LogP contribution in [0.2, 0.25) is 5.02 Å². The van der Waals surface area contributed by atoms with Gasteiger partial charge in [0, 0.05) is 37.9 Å². The first-order valence-electron chi connectivity index (χ1n) is 7.54. The van der Waals surface area contributed by atoms with Crippen molar-refractivity contribution < 1.29 is 14.5 Å². The molecule has 0 aromatic carbocycles. The fourth-order valence-corrected chi connectivity index (χ4v) is 3.24. The van der Waals surface area contributed by atoms with Gasteiger partial charge in [0.25, 0.3) is 0 Å². The molecule has 0 N–H and O–H groups in total. The van der Waals surface area contributed by atoms with Crippen molar-refractivity contribution in [1.82, 2.24) is 9.88 Å². The standard InChI is InChI=1S/C14H17ClN4O4/c15-10-8-12(19(21)22)13(16-9-10)17-5-2-11(3-6-17)18-4-1-7-23-14(18)20/h8-9,11H,1-7H2. The van der Waals surface area contributed by atoms with Crippen LogP contribution in [-0.4, -0.2) is 53.2 Å². The topological polar surface area (TPSA) is 88.8 Å². The first-order chi connectivity index (χ1) is 11.1. The molecular formula is C14H17ClN4O4. The number of ether oxygens (including phenoxy) is 1. The summed E-state index contributed by atoms with van der Waals surface area (Å²) in [6, 6.07) is 1.43. The van der Waals surface area contributed by atoms with Gasteiger partial charge in [0.2, 0.25) is 5.82 Å². The Morgan fingerprint density at radius 3 is 2.74 bits per heavy atom. The largest absolute Gasteiger partial charge is 0.449 e. The van der Waals surface area contributed by atoms with Gasteiger partial charge in [-0.1, -0.05) is 11.6 Å². The average molecular weight is 341 g/mol.